The SMILES string of the molecule is CC1COCCN(C(=O)CC(N)=S)C1. The van der Waals surface area contributed by atoms with Gasteiger partial charge >= 0.3 is 0 Å². The number of thiocarbonyl (C=S) groups is 1. The van der Waals surface area contributed by atoms with Crippen LogP contribution in [0.15, 0.2) is 0 Å². The summed E-state index contributed by atoms with van der Waals surface area (Å²) in [6.07, 6.45) is 0.169. The fourth-order valence-corrected chi connectivity index (χ4v) is 1.59. The Bertz CT molecular complexity index is 233. The summed E-state index contributed by atoms with van der Waals surface area (Å²) in [6, 6.07) is 0. The van der Waals surface area contributed by atoms with Gasteiger partial charge in [0.15, 0.2) is 0 Å². The molecule has 0 saturated carbocycles. The highest BCUT2D eigenvalue weighted by Gasteiger charge is 2.19. The van der Waals surface area contributed by atoms with Crippen LogP contribution in [0.1, 0.15) is 13.3 Å². The van der Waals surface area contributed by atoms with E-state index < -0.39 is 0 Å². The topological polar surface area (TPSA) is 55.6 Å². The van der Waals surface area contributed by atoms with E-state index in [2.05, 4.69) is 6.92 Å². The Kier molecular flexibility index (Phi) is 4.28. The quantitative estimate of drug-likeness (QED) is 0.668. The van der Waals surface area contributed by atoms with E-state index in [-0.39, 0.29) is 17.3 Å². The zero-order valence-electron chi connectivity index (χ0n) is 8.36. The average Bonchev–Trinajstić information content (AvgIpc) is 2.28. The van der Waals surface area contributed by atoms with Gasteiger partial charge in [0.05, 0.1) is 24.6 Å². The Morgan fingerprint density at radius 1 is 1.71 bits per heavy atom. The van der Waals surface area contributed by atoms with Crippen LogP contribution in [0.5, 0.6) is 0 Å². The van der Waals surface area contributed by atoms with Crippen LogP contribution in [-0.2, 0) is 9.53 Å². The minimum atomic E-state index is 0.00912. The Hall–Kier alpha value is -0.680. The van der Waals surface area contributed by atoms with Crippen LogP contribution in [0.25, 0.3) is 0 Å². The number of nitrogens with zero attached hydrogens (tertiary/aromatic N) is 1. The first kappa shape index (κ1) is 11.4. The summed E-state index contributed by atoms with van der Waals surface area (Å²) in [7, 11) is 0. The van der Waals surface area contributed by atoms with Gasteiger partial charge in [-0.3, -0.25) is 4.79 Å². The van der Waals surface area contributed by atoms with Gasteiger partial charge in [0.2, 0.25) is 5.91 Å². The summed E-state index contributed by atoms with van der Waals surface area (Å²) in [4.78, 5) is 13.6. The third-order valence-corrected chi connectivity index (χ3v) is 2.26. The molecule has 1 heterocycles. The molecule has 1 amide bonds. The first-order valence-electron chi connectivity index (χ1n) is 4.73. The molecule has 14 heavy (non-hydrogen) atoms. The molecule has 0 radical (unpaired) electrons. The number of amides is 1. The minimum absolute atomic E-state index is 0.00912. The first-order valence-corrected chi connectivity index (χ1v) is 5.14. The van der Waals surface area contributed by atoms with Crippen molar-refractivity contribution in [3.63, 3.8) is 0 Å². The van der Waals surface area contributed by atoms with Crippen LogP contribution in [0.4, 0.5) is 0 Å². The molecule has 0 spiro atoms. The summed E-state index contributed by atoms with van der Waals surface area (Å²) in [5.74, 6) is 0.391. The highest BCUT2D eigenvalue weighted by Crippen LogP contribution is 2.07. The van der Waals surface area contributed by atoms with Crippen LogP contribution >= 0.6 is 12.2 Å². The number of carbonyl (C=O) groups excluding carboxylic acids is 1. The second-order valence-electron chi connectivity index (χ2n) is 3.66. The van der Waals surface area contributed by atoms with Gasteiger partial charge in [0.25, 0.3) is 0 Å². The third-order valence-electron chi connectivity index (χ3n) is 2.12. The highest BCUT2D eigenvalue weighted by atomic mass is 32.1. The molecule has 2 N–H and O–H groups in total. The fourth-order valence-electron chi connectivity index (χ4n) is 1.47. The molecular weight excluding hydrogens is 200 g/mol. The largest absolute Gasteiger partial charge is 0.393 e. The number of ether oxygens (including phenoxy) is 1. The molecule has 4 nitrogen and oxygen atoms in total. The zero-order valence-corrected chi connectivity index (χ0v) is 9.18. The highest BCUT2D eigenvalue weighted by molar-refractivity contribution is 7.80. The normalized spacial score (nSPS) is 22.9. The summed E-state index contributed by atoms with van der Waals surface area (Å²) in [5, 5.41) is 0. The van der Waals surface area contributed by atoms with Crippen molar-refractivity contribution in [2.75, 3.05) is 26.3 Å². The summed E-state index contributed by atoms with van der Waals surface area (Å²) < 4.78 is 5.33. The molecule has 1 rings (SSSR count). The number of hydrogen-bond donors (Lipinski definition) is 1. The van der Waals surface area contributed by atoms with Crippen molar-refractivity contribution < 1.29 is 9.53 Å². The predicted octanol–water partition coefficient (Wildman–Crippen LogP) is 0.158. The minimum Gasteiger partial charge on any atom is -0.393 e. The maximum Gasteiger partial charge on any atom is 0.229 e. The molecule has 0 aromatic heterocycles. The van der Waals surface area contributed by atoms with Crippen molar-refractivity contribution in [3.8, 4) is 0 Å². The maximum atomic E-state index is 11.6. The first-order chi connectivity index (χ1) is 6.59. The average molecular weight is 216 g/mol. The van der Waals surface area contributed by atoms with E-state index in [0.717, 1.165) is 13.2 Å². The monoisotopic (exact) mass is 216 g/mol. The van der Waals surface area contributed by atoms with Crippen LogP contribution in [0.2, 0.25) is 0 Å². The summed E-state index contributed by atoms with van der Waals surface area (Å²) in [5.41, 5.74) is 5.33. The van der Waals surface area contributed by atoms with Crippen LogP contribution in [-0.4, -0.2) is 42.1 Å². The van der Waals surface area contributed by atoms with E-state index in [9.17, 15) is 4.79 Å². The molecule has 1 aliphatic heterocycles. The van der Waals surface area contributed by atoms with Crippen molar-refractivity contribution in [2.24, 2.45) is 11.7 Å². The molecule has 0 aromatic rings. The molecule has 1 unspecified atom stereocenters. The van der Waals surface area contributed by atoms with Crippen molar-refractivity contribution >= 4 is 23.1 Å². The smallest absolute Gasteiger partial charge is 0.229 e. The predicted molar refractivity (Wildman–Crippen MR) is 58.0 cm³/mol. The Balaban J connectivity index is 2.48. The standard InChI is InChI=1S/C9H16N2O2S/c1-7-5-11(2-3-13-6-7)9(12)4-8(10)14/h7H,2-6H2,1H3,(H2,10,14). The molecule has 1 atom stereocenters. The maximum absolute atomic E-state index is 11.6. The zero-order chi connectivity index (χ0) is 10.6. The Morgan fingerprint density at radius 3 is 3.07 bits per heavy atom. The molecule has 0 aromatic carbocycles. The third kappa shape index (κ3) is 3.59. The van der Waals surface area contributed by atoms with Gasteiger partial charge in [-0.15, -0.1) is 0 Å². The second-order valence-corrected chi connectivity index (χ2v) is 4.19. The van der Waals surface area contributed by atoms with Gasteiger partial charge in [-0.2, -0.15) is 0 Å². The lowest BCUT2D eigenvalue weighted by Crippen LogP contribution is -2.37. The van der Waals surface area contributed by atoms with Crippen molar-refractivity contribution in [1.82, 2.24) is 4.90 Å². The van der Waals surface area contributed by atoms with E-state index >= 15 is 0 Å². The Labute approximate surface area is 89.4 Å². The molecule has 1 aliphatic rings. The van der Waals surface area contributed by atoms with E-state index in [1.807, 2.05) is 0 Å². The van der Waals surface area contributed by atoms with E-state index in [1.165, 1.54) is 0 Å². The molecular formula is C9H16N2O2S. The summed E-state index contributed by atoms with van der Waals surface area (Å²) in [6.45, 7) is 4.77. The molecule has 80 valence electrons. The van der Waals surface area contributed by atoms with Crippen molar-refractivity contribution in [3.05, 3.63) is 0 Å². The Morgan fingerprint density at radius 2 is 2.43 bits per heavy atom. The number of nitrogens with two attached hydrogens (primary N) is 1. The van der Waals surface area contributed by atoms with Crippen LogP contribution < -0.4 is 5.73 Å². The molecule has 1 saturated heterocycles. The van der Waals surface area contributed by atoms with Gasteiger partial charge in [-0.05, 0) is 5.92 Å². The van der Waals surface area contributed by atoms with Gasteiger partial charge < -0.3 is 15.4 Å². The number of hydrogen-bond acceptors (Lipinski definition) is 3. The number of carbonyl (C=O) groups is 1. The van der Waals surface area contributed by atoms with Crippen LogP contribution in [0, 0.1) is 5.92 Å². The fraction of sp³-hybridized carbons (Fsp3) is 0.778. The lowest BCUT2D eigenvalue weighted by atomic mass is 10.2. The van der Waals surface area contributed by atoms with Crippen molar-refractivity contribution in [2.45, 2.75) is 13.3 Å². The molecule has 1 fully saturated rings. The molecule has 5 heteroatoms. The summed E-state index contributed by atoms with van der Waals surface area (Å²) >= 11 is 4.70. The second kappa shape index (κ2) is 5.26. The van der Waals surface area contributed by atoms with Gasteiger partial charge in [0, 0.05) is 13.1 Å². The van der Waals surface area contributed by atoms with E-state index in [4.69, 9.17) is 22.7 Å². The van der Waals surface area contributed by atoms with Gasteiger partial charge in [-0.25, -0.2) is 0 Å². The lowest BCUT2D eigenvalue weighted by Gasteiger charge is -2.21. The van der Waals surface area contributed by atoms with Crippen LogP contribution in [0.3, 0.4) is 0 Å². The van der Waals surface area contributed by atoms with E-state index in [0.29, 0.717) is 19.1 Å². The number of rotatable bonds is 2. The molecule has 0 bridgehead atoms. The van der Waals surface area contributed by atoms with Gasteiger partial charge in [-0.1, -0.05) is 19.1 Å². The van der Waals surface area contributed by atoms with Gasteiger partial charge in [0.1, 0.15) is 0 Å². The molecule has 0 aliphatic carbocycles. The van der Waals surface area contributed by atoms with E-state index in [1.54, 1.807) is 4.90 Å². The van der Waals surface area contributed by atoms with Crippen molar-refractivity contribution in [1.29, 1.82) is 0 Å². The lowest BCUT2D eigenvalue weighted by molar-refractivity contribution is -0.130.